The second-order valence-electron chi connectivity index (χ2n) is 2.35. The number of nitrogens with zero attached hydrogens (tertiary/aromatic N) is 2. The minimum atomic E-state index is 0.00634. The van der Waals surface area contributed by atoms with Gasteiger partial charge in [-0.3, -0.25) is 4.79 Å². The quantitative estimate of drug-likeness (QED) is 0.543. The van der Waals surface area contributed by atoms with E-state index in [0.29, 0.717) is 5.56 Å². The first kappa shape index (κ1) is 6.22. The summed E-state index contributed by atoms with van der Waals surface area (Å²) in [7, 11) is 0. The van der Waals surface area contributed by atoms with Crippen LogP contribution in [0.5, 0.6) is 0 Å². The van der Waals surface area contributed by atoms with Gasteiger partial charge in [0.25, 0.3) is 0 Å². The largest absolute Gasteiger partial charge is 0.289 e. The zero-order chi connectivity index (χ0) is 7.68. The molecule has 0 fully saturated rings. The fraction of sp³-hybridized carbons (Fsp3) is 0.125. The Morgan fingerprint density at radius 1 is 1.45 bits per heavy atom. The van der Waals surface area contributed by atoms with E-state index < -0.39 is 0 Å². The molecular weight excluding hydrogens is 140 g/mol. The number of rotatable bonds is 0. The van der Waals surface area contributed by atoms with Crippen molar-refractivity contribution in [3.05, 3.63) is 35.9 Å². The van der Waals surface area contributed by atoms with Crippen LogP contribution in [0.2, 0.25) is 0 Å². The van der Waals surface area contributed by atoms with E-state index in [1.165, 1.54) is 6.33 Å². The van der Waals surface area contributed by atoms with Crippen molar-refractivity contribution in [3.63, 3.8) is 0 Å². The molecule has 0 aliphatic heterocycles. The summed E-state index contributed by atoms with van der Waals surface area (Å²) in [6, 6.07) is 0. The van der Waals surface area contributed by atoms with Crippen LogP contribution < -0.4 is 0 Å². The smallest absolute Gasteiger partial charge is 0.188 e. The fourth-order valence-corrected chi connectivity index (χ4v) is 1.09. The van der Waals surface area contributed by atoms with E-state index in [0.717, 1.165) is 12.1 Å². The Hall–Kier alpha value is -1.51. The number of allylic oxidation sites excluding steroid dienone is 2. The van der Waals surface area contributed by atoms with Crippen molar-refractivity contribution in [2.45, 2.75) is 6.42 Å². The minimum Gasteiger partial charge on any atom is -0.289 e. The Labute approximate surface area is 63.8 Å². The van der Waals surface area contributed by atoms with E-state index in [4.69, 9.17) is 0 Å². The number of carbonyl (C=O) groups is 1. The van der Waals surface area contributed by atoms with E-state index in [2.05, 4.69) is 9.97 Å². The minimum absolute atomic E-state index is 0.00634. The van der Waals surface area contributed by atoms with Crippen LogP contribution in [0.1, 0.15) is 16.1 Å². The molecule has 1 aliphatic carbocycles. The number of hydrogen-bond acceptors (Lipinski definition) is 3. The summed E-state index contributed by atoms with van der Waals surface area (Å²) in [5, 5.41) is 0. The van der Waals surface area contributed by atoms with E-state index in [9.17, 15) is 4.79 Å². The first-order valence-corrected chi connectivity index (χ1v) is 3.37. The van der Waals surface area contributed by atoms with Crippen LogP contribution in [0.15, 0.2) is 24.7 Å². The first-order valence-electron chi connectivity index (χ1n) is 3.37. The molecule has 0 N–H and O–H groups in total. The lowest BCUT2D eigenvalue weighted by Gasteiger charge is -2.05. The molecule has 2 rings (SSSR count). The number of fused-ring (bicyclic) bond motifs is 1. The van der Waals surface area contributed by atoms with Crippen molar-refractivity contribution >= 4 is 5.78 Å². The highest BCUT2D eigenvalue weighted by Crippen LogP contribution is 2.11. The van der Waals surface area contributed by atoms with Gasteiger partial charge in [0.05, 0.1) is 11.3 Å². The zero-order valence-corrected chi connectivity index (χ0v) is 5.82. The maximum Gasteiger partial charge on any atom is 0.188 e. The van der Waals surface area contributed by atoms with Gasteiger partial charge in [-0.25, -0.2) is 9.97 Å². The maximum absolute atomic E-state index is 11.1. The fourth-order valence-electron chi connectivity index (χ4n) is 1.09. The summed E-state index contributed by atoms with van der Waals surface area (Å²) in [5.41, 5.74) is 1.46. The molecule has 1 aromatic rings. The highest BCUT2D eigenvalue weighted by atomic mass is 16.1. The number of hydrogen-bond donors (Lipinski definition) is 0. The Morgan fingerprint density at radius 3 is 3.18 bits per heavy atom. The molecule has 3 heteroatoms. The Kier molecular flexibility index (Phi) is 1.28. The molecule has 1 aromatic heterocycles. The lowest BCUT2D eigenvalue weighted by Crippen LogP contribution is -2.07. The maximum atomic E-state index is 11.1. The van der Waals surface area contributed by atoms with Crippen LogP contribution in [-0.2, 0) is 6.42 Å². The lowest BCUT2D eigenvalue weighted by atomic mass is 10.0. The molecule has 1 aliphatic rings. The van der Waals surface area contributed by atoms with E-state index in [-0.39, 0.29) is 5.78 Å². The standard InChI is InChI=1S/C8H6N2O/c11-8-3-1-2-7-6(8)4-9-5-10-7/h1,3-5H,2H2. The van der Waals surface area contributed by atoms with Crippen molar-refractivity contribution in [2.75, 3.05) is 0 Å². The monoisotopic (exact) mass is 146 g/mol. The second-order valence-corrected chi connectivity index (χ2v) is 2.35. The molecule has 0 unspecified atom stereocenters. The third-order valence-electron chi connectivity index (χ3n) is 1.64. The van der Waals surface area contributed by atoms with Crippen LogP contribution in [0, 0.1) is 0 Å². The molecule has 0 amide bonds. The normalized spacial score (nSPS) is 14.7. The Balaban J connectivity index is 2.59. The van der Waals surface area contributed by atoms with E-state index >= 15 is 0 Å². The molecule has 0 bridgehead atoms. The molecular formula is C8H6N2O. The summed E-state index contributed by atoms with van der Waals surface area (Å²) in [6.07, 6.45) is 7.15. The van der Waals surface area contributed by atoms with Crippen LogP contribution in [0.3, 0.4) is 0 Å². The van der Waals surface area contributed by atoms with Crippen LogP contribution in [0.4, 0.5) is 0 Å². The predicted octanol–water partition coefficient (Wildman–Crippen LogP) is 0.772. The van der Waals surface area contributed by atoms with Crippen LogP contribution >= 0.6 is 0 Å². The van der Waals surface area contributed by atoms with Gasteiger partial charge in [0, 0.05) is 12.6 Å². The van der Waals surface area contributed by atoms with Gasteiger partial charge in [-0.05, 0) is 6.08 Å². The van der Waals surface area contributed by atoms with Gasteiger partial charge in [-0.15, -0.1) is 0 Å². The molecule has 0 saturated carbocycles. The SMILES string of the molecule is O=C1C=CCc2ncncc21. The van der Waals surface area contributed by atoms with E-state index in [1.807, 2.05) is 6.08 Å². The topological polar surface area (TPSA) is 42.9 Å². The lowest BCUT2D eigenvalue weighted by molar-refractivity contribution is 0.104. The molecule has 0 aromatic carbocycles. The summed E-state index contributed by atoms with van der Waals surface area (Å²) < 4.78 is 0. The Morgan fingerprint density at radius 2 is 2.36 bits per heavy atom. The van der Waals surface area contributed by atoms with Crippen LogP contribution in [-0.4, -0.2) is 15.8 Å². The average molecular weight is 146 g/mol. The average Bonchev–Trinajstić information content (AvgIpc) is 2.06. The molecule has 11 heavy (non-hydrogen) atoms. The van der Waals surface area contributed by atoms with Crippen molar-refractivity contribution < 1.29 is 4.79 Å². The molecule has 0 atom stereocenters. The number of carbonyl (C=O) groups excluding carboxylic acids is 1. The number of aromatic nitrogens is 2. The van der Waals surface area contributed by atoms with Crippen molar-refractivity contribution in [3.8, 4) is 0 Å². The van der Waals surface area contributed by atoms with Gasteiger partial charge in [-0.2, -0.15) is 0 Å². The van der Waals surface area contributed by atoms with Crippen LogP contribution in [0.25, 0.3) is 0 Å². The zero-order valence-electron chi connectivity index (χ0n) is 5.82. The second kappa shape index (κ2) is 2.27. The van der Waals surface area contributed by atoms with Gasteiger partial charge in [0.2, 0.25) is 0 Å². The van der Waals surface area contributed by atoms with Gasteiger partial charge in [0.15, 0.2) is 5.78 Å². The highest BCUT2D eigenvalue weighted by Gasteiger charge is 2.12. The summed E-state index contributed by atoms with van der Waals surface area (Å²) >= 11 is 0. The third kappa shape index (κ3) is 0.941. The van der Waals surface area contributed by atoms with Crippen molar-refractivity contribution in [2.24, 2.45) is 0 Å². The molecule has 54 valence electrons. The molecule has 0 spiro atoms. The molecule has 0 radical (unpaired) electrons. The molecule has 1 heterocycles. The van der Waals surface area contributed by atoms with Gasteiger partial charge >= 0.3 is 0 Å². The Bertz CT molecular complexity index is 331. The van der Waals surface area contributed by atoms with Crippen molar-refractivity contribution in [1.29, 1.82) is 0 Å². The third-order valence-corrected chi connectivity index (χ3v) is 1.64. The summed E-state index contributed by atoms with van der Waals surface area (Å²) in [6.45, 7) is 0. The highest BCUT2D eigenvalue weighted by molar-refractivity contribution is 6.06. The van der Waals surface area contributed by atoms with Crippen molar-refractivity contribution in [1.82, 2.24) is 9.97 Å². The van der Waals surface area contributed by atoms with Gasteiger partial charge < -0.3 is 0 Å². The predicted molar refractivity (Wildman–Crippen MR) is 39.2 cm³/mol. The summed E-state index contributed by atoms with van der Waals surface area (Å²) in [4.78, 5) is 18.9. The first-order chi connectivity index (χ1) is 5.38. The number of ketones is 1. The van der Waals surface area contributed by atoms with Gasteiger partial charge in [0.1, 0.15) is 6.33 Å². The summed E-state index contributed by atoms with van der Waals surface area (Å²) in [5.74, 6) is 0.00634. The molecule has 3 nitrogen and oxygen atoms in total. The van der Waals surface area contributed by atoms with E-state index in [1.54, 1.807) is 12.3 Å². The van der Waals surface area contributed by atoms with Gasteiger partial charge in [-0.1, -0.05) is 6.08 Å². The molecule has 0 saturated heterocycles.